The smallest absolute Gasteiger partial charge is 0.252 e. The van der Waals surface area contributed by atoms with Gasteiger partial charge in [0.05, 0.1) is 18.2 Å². The van der Waals surface area contributed by atoms with Gasteiger partial charge in [-0.3, -0.25) is 9.69 Å². The van der Waals surface area contributed by atoms with Gasteiger partial charge in [0.2, 0.25) is 5.91 Å². The van der Waals surface area contributed by atoms with Gasteiger partial charge in [0.1, 0.15) is 4.21 Å². The van der Waals surface area contributed by atoms with Gasteiger partial charge in [-0.25, -0.2) is 8.42 Å². The Balaban J connectivity index is 1.33. The predicted molar refractivity (Wildman–Crippen MR) is 120 cm³/mol. The van der Waals surface area contributed by atoms with Gasteiger partial charge in [-0.15, -0.1) is 11.3 Å². The number of nitriles is 1. The summed E-state index contributed by atoms with van der Waals surface area (Å²) >= 11 is 2.90. The molecular formula is C20H24N4O3S3. The van der Waals surface area contributed by atoms with Gasteiger partial charge in [0, 0.05) is 44.2 Å². The molecule has 1 aliphatic heterocycles. The fraction of sp³-hybridized carbons (Fsp3) is 0.400. The molecule has 1 fully saturated rings. The summed E-state index contributed by atoms with van der Waals surface area (Å²) in [7, 11) is -3.42. The summed E-state index contributed by atoms with van der Waals surface area (Å²) in [5.74, 6) is 1.45. The van der Waals surface area contributed by atoms with Crippen LogP contribution in [-0.2, 0) is 20.6 Å². The van der Waals surface area contributed by atoms with Crippen molar-refractivity contribution in [3.63, 3.8) is 0 Å². The molecule has 7 nitrogen and oxygen atoms in total. The SMILES string of the molecule is N#Cc1ccccc1CSCCNC(=O)CN1CCN(S(=O)(=O)c2cccs2)CC1. The molecule has 0 radical (unpaired) electrons. The predicted octanol–water partition coefficient (Wildman–Crippen LogP) is 1.98. The van der Waals surface area contributed by atoms with Crippen LogP contribution < -0.4 is 5.32 Å². The second-order valence-corrected chi connectivity index (χ2v) is 11.0. The summed E-state index contributed by atoms with van der Waals surface area (Å²) in [6.07, 6.45) is 0. The van der Waals surface area contributed by atoms with E-state index in [9.17, 15) is 13.2 Å². The van der Waals surface area contributed by atoms with Crippen molar-refractivity contribution in [2.45, 2.75) is 9.96 Å². The Morgan fingerprint density at radius 1 is 1.17 bits per heavy atom. The molecule has 0 bridgehead atoms. The number of hydrogen-bond donors (Lipinski definition) is 1. The Labute approximate surface area is 185 Å². The van der Waals surface area contributed by atoms with Crippen molar-refractivity contribution in [3.05, 3.63) is 52.9 Å². The van der Waals surface area contributed by atoms with Crippen LogP contribution in [0.15, 0.2) is 46.0 Å². The average molecular weight is 465 g/mol. The summed E-state index contributed by atoms with van der Waals surface area (Å²) in [5, 5.41) is 13.8. The number of thioether (sulfide) groups is 1. The number of nitrogens with one attached hydrogen (secondary N) is 1. The first-order chi connectivity index (χ1) is 14.5. The largest absolute Gasteiger partial charge is 0.354 e. The average Bonchev–Trinajstić information content (AvgIpc) is 3.30. The van der Waals surface area contributed by atoms with E-state index in [-0.39, 0.29) is 12.5 Å². The third kappa shape index (κ3) is 6.06. The molecule has 1 saturated heterocycles. The number of piperazine rings is 1. The Bertz CT molecular complexity index is 979. The molecule has 1 aromatic carbocycles. The number of benzene rings is 1. The fourth-order valence-corrected chi connectivity index (χ4v) is 6.55. The third-order valence-electron chi connectivity index (χ3n) is 4.75. The monoisotopic (exact) mass is 464 g/mol. The van der Waals surface area contributed by atoms with Crippen molar-refractivity contribution in [1.29, 1.82) is 5.26 Å². The van der Waals surface area contributed by atoms with Crippen molar-refractivity contribution >= 4 is 39.0 Å². The standard InChI is InChI=1S/C20H24N4O3S3/c21-14-17-4-1-2-5-18(17)16-28-13-7-22-19(25)15-23-8-10-24(11-9-23)30(26,27)20-6-3-12-29-20/h1-6,12H,7-11,13,15-16H2,(H,22,25). The number of sulfonamides is 1. The van der Waals surface area contributed by atoms with Crippen molar-refractivity contribution < 1.29 is 13.2 Å². The van der Waals surface area contributed by atoms with E-state index >= 15 is 0 Å². The van der Waals surface area contributed by atoms with Gasteiger partial charge >= 0.3 is 0 Å². The number of rotatable bonds is 9. The van der Waals surface area contributed by atoms with Gasteiger partial charge in [-0.05, 0) is 23.1 Å². The molecule has 0 atom stereocenters. The Morgan fingerprint density at radius 2 is 1.93 bits per heavy atom. The first-order valence-corrected chi connectivity index (χ1v) is 13.1. The van der Waals surface area contributed by atoms with Crippen molar-refractivity contribution in [2.24, 2.45) is 0 Å². The molecule has 0 aliphatic carbocycles. The maximum Gasteiger partial charge on any atom is 0.252 e. The van der Waals surface area contributed by atoms with Crippen LogP contribution in [0.4, 0.5) is 0 Å². The lowest BCUT2D eigenvalue weighted by Gasteiger charge is -2.33. The molecule has 1 N–H and O–H groups in total. The minimum atomic E-state index is -3.42. The maximum absolute atomic E-state index is 12.5. The van der Waals surface area contributed by atoms with E-state index in [0.29, 0.717) is 42.5 Å². The van der Waals surface area contributed by atoms with E-state index in [0.717, 1.165) is 17.1 Å². The highest BCUT2D eigenvalue weighted by atomic mass is 32.2. The first-order valence-electron chi connectivity index (χ1n) is 9.59. The van der Waals surface area contributed by atoms with E-state index in [1.807, 2.05) is 29.2 Å². The summed E-state index contributed by atoms with van der Waals surface area (Å²) in [5.41, 5.74) is 1.70. The zero-order valence-electron chi connectivity index (χ0n) is 16.5. The molecule has 1 aromatic heterocycles. The lowest BCUT2D eigenvalue weighted by atomic mass is 10.1. The topological polar surface area (TPSA) is 93.5 Å². The summed E-state index contributed by atoms with van der Waals surface area (Å²) < 4.78 is 26.9. The summed E-state index contributed by atoms with van der Waals surface area (Å²) in [4.78, 5) is 14.2. The van der Waals surface area contributed by atoms with E-state index in [4.69, 9.17) is 5.26 Å². The number of carbonyl (C=O) groups is 1. The van der Waals surface area contributed by atoms with Crippen LogP contribution in [0.5, 0.6) is 0 Å². The molecule has 3 rings (SSSR count). The first kappa shape index (κ1) is 22.8. The van der Waals surface area contributed by atoms with Gasteiger partial charge in [0.25, 0.3) is 10.0 Å². The lowest BCUT2D eigenvalue weighted by Crippen LogP contribution is -2.51. The van der Waals surface area contributed by atoms with Crippen LogP contribution in [0.1, 0.15) is 11.1 Å². The molecule has 2 heterocycles. The molecule has 2 aromatic rings. The fourth-order valence-electron chi connectivity index (χ4n) is 3.12. The minimum Gasteiger partial charge on any atom is -0.354 e. The van der Waals surface area contributed by atoms with E-state index < -0.39 is 10.0 Å². The zero-order valence-corrected chi connectivity index (χ0v) is 18.9. The number of carbonyl (C=O) groups excluding carboxylic acids is 1. The van der Waals surface area contributed by atoms with E-state index in [2.05, 4.69) is 11.4 Å². The quantitative estimate of drug-likeness (QED) is 0.571. The second kappa shape index (κ2) is 10.9. The third-order valence-corrected chi connectivity index (χ3v) is 9.03. The van der Waals surface area contributed by atoms with Crippen LogP contribution in [0, 0.1) is 11.3 Å². The highest BCUT2D eigenvalue weighted by Gasteiger charge is 2.29. The molecule has 0 unspecified atom stereocenters. The van der Waals surface area contributed by atoms with Crippen molar-refractivity contribution in [2.75, 3.05) is 45.0 Å². The molecule has 1 aliphatic rings. The van der Waals surface area contributed by atoms with Crippen LogP contribution in [0.2, 0.25) is 0 Å². The van der Waals surface area contributed by atoms with Crippen molar-refractivity contribution in [3.8, 4) is 6.07 Å². The molecule has 1 amide bonds. The number of hydrogen-bond acceptors (Lipinski definition) is 7. The zero-order chi connectivity index (χ0) is 21.4. The molecule has 0 saturated carbocycles. The molecule has 0 spiro atoms. The van der Waals surface area contributed by atoms with Gasteiger partial charge in [-0.1, -0.05) is 24.3 Å². The Kier molecular flexibility index (Phi) is 8.30. The lowest BCUT2D eigenvalue weighted by molar-refractivity contribution is -0.122. The van der Waals surface area contributed by atoms with E-state index in [1.165, 1.54) is 15.6 Å². The normalized spacial score (nSPS) is 15.6. The highest BCUT2D eigenvalue weighted by molar-refractivity contribution is 7.98. The van der Waals surface area contributed by atoms with Gasteiger partial charge < -0.3 is 5.32 Å². The molecule has 10 heteroatoms. The van der Waals surface area contributed by atoms with Crippen molar-refractivity contribution in [1.82, 2.24) is 14.5 Å². The Hall–Kier alpha value is -1.90. The minimum absolute atomic E-state index is 0.0532. The summed E-state index contributed by atoms with van der Waals surface area (Å²) in [6.45, 7) is 2.69. The molecule has 160 valence electrons. The highest BCUT2D eigenvalue weighted by Crippen LogP contribution is 2.22. The van der Waals surface area contributed by atoms with Crippen LogP contribution in [0.25, 0.3) is 0 Å². The number of amides is 1. The van der Waals surface area contributed by atoms with Gasteiger partial charge in [-0.2, -0.15) is 21.3 Å². The van der Waals surface area contributed by atoms with Crippen LogP contribution in [0.3, 0.4) is 0 Å². The van der Waals surface area contributed by atoms with Crippen LogP contribution >= 0.6 is 23.1 Å². The number of thiophene rings is 1. The summed E-state index contributed by atoms with van der Waals surface area (Å²) in [6, 6.07) is 13.1. The molecular weight excluding hydrogens is 440 g/mol. The van der Waals surface area contributed by atoms with E-state index in [1.54, 1.807) is 29.3 Å². The maximum atomic E-state index is 12.5. The second-order valence-electron chi connectivity index (χ2n) is 6.78. The van der Waals surface area contributed by atoms with Crippen LogP contribution in [-0.4, -0.2) is 68.6 Å². The Morgan fingerprint density at radius 3 is 2.63 bits per heavy atom. The van der Waals surface area contributed by atoms with Gasteiger partial charge in [0.15, 0.2) is 0 Å². The number of nitrogens with zero attached hydrogens (tertiary/aromatic N) is 3. The molecule has 30 heavy (non-hydrogen) atoms.